The van der Waals surface area contributed by atoms with E-state index in [0.717, 1.165) is 49.4 Å². The van der Waals surface area contributed by atoms with E-state index >= 15 is 0 Å². The van der Waals surface area contributed by atoms with Crippen molar-refractivity contribution < 1.29 is 8.78 Å². The van der Waals surface area contributed by atoms with Gasteiger partial charge in [-0.15, -0.1) is 60.4 Å². The Morgan fingerprint density at radius 2 is 1.36 bits per heavy atom. The number of benzene rings is 2. The minimum atomic E-state index is -0.281. The number of alkyl halides is 2. The van der Waals surface area contributed by atoms with Crippen molar-refractivity contribution in [1.82, 2.24) is 10.6 Å². The van der Waals surface area contributed by atoms with Crippen LogP contribution in [0.25, 0.3) is 0 Å². The molecule has 0 saturated carbocycles. The zero-order valence-corrected chi connectivity index (χ0v) is 24.8. The molecule has 1 aliphatic rings. The molecule has 0 amide bonds. The summed E-state index contributed by atoms with van der Waals surface area (Å²) in [5.41, 5.74) is 7.00. The van der Waals surface area contributed by atoms with Gasteiger partial charge in [-0.1, -0.05) is 0 Å². The summed E-state index contributed by atoms with van der Waals surface area (Å²) in [5.74, 6) is 0.847. The van der Waals surface area contributed by atoms with Gasteiger partial charge in [0.05, 0.1) is 5.69 Å². The standard InChI is InChI=1S/C10H12BrFN2.C6H5BrFN.C4H9Cl2N.3ClH/c11-9-7-8(12)1-2-10(9)14-5-3-13-4-6-14;7-5-3-4(8)1-2-6(5)9;5-1-3-7-4-2-6;;;/h1-2,7,13H,3-6H2;1-3H,9H2;7H,1-4H2;3*1H. The zero-order valence-electron chi connectivity index (χ0n) is 17.6. The summed E-state index contributed by atoms with van der Waals surface area (Å²) >= 11 is 17.1. The molecule has 0 aliphatic carbocycles. The van der Waals surface area contributed by atoms with Crippen LogP contribution >= 0.6 is 92.3 Å². The molecule has 4 nitrogen and oxygen atoms in total. The molecule has 1 fully saturated rings. The second-order valence-corrected chi connectivity index (χ2v) is 8.59. The second-order valence-electron chi connectivity index (χ2n) is 6.13. The fourth-order valence-electron chi connectivity index (χ4n) is 2.40. The van der Waals surface area contributed by atoms with Gasteiger partial charge in [0.15, 0.2) is 0 Å². The Morgan fingerprint density at radius 3 is 1.79 bits per heavy atom. The first-order valence-electron chi connectivity index (χ1n) is 9.33. The van der Waals surface area contributed by atoms with Crippen LogP contribution in [0.2, 0.25) is 0 Å². The molecule has 3 rings (SSSR count). The fraction of sp³-hybridized carbons (Fsp3) is 0.400. The monoisotopic (exact) mass is 696 g/mol. The molecule has 2 aromatic rings. The maximum atomic E-state index is 12.9. The minimum Gasteiger partial charge on any atom is -0.398 e. The van der Waals surface area contributed by atoms with Gasteiger partial charge in [0, 0.05) is 65.7 Å². The highest BCUT2D eigenvalue weighted by Gasteiger charge is 2.13. The van der Waals surface area contributed by atoms with Gasteiger partial charge in [-0.05, 0) is 68.3 Å². The van der Waals surface area contributed by atoms with Gasteiger partial charge in [-0.2, -0.15) is 0 Å². The lowest BCUT2D eigenvalue weighted by Crippen LogP contribution is -2.43. The third-order valence-electron chi connectivity index (χ3n) is 3.87. The number of piperazine rings is 1. The van der Waals surface area contributed by atoms with Crippen LogP contribution < -0.4 is 21.3 Å². The SMILES string of the molecule is Cl.Cl.Cl.ClCCNCCCl.Fc1ccc(N2CCNCC2)c(Br)c1.Nc1ccc(F)cc1Br. The largest absolute Gasteiger partial charge is 0.398 e. The summed E-state index contributed by atoms with van der Waals surface area (Å²) < 4.78 is 26.5. The number of nitrogens with two attached hydrogens (primary N) is 1. The number of nitrogens with zero attached hydrogens (tertiary/aromatic N) is 1. The zero-order chi connectivity index (χ0) is 22.4. The van der Waals surface area contributed by atoms with Crippen LogP contribution in [0.4, 0.5) is 20.2 Å². The molecule has 1 aliphatic heterocycles. The number of hydrogen-bond donors (Lipinski definition) is 3. The topological polar surface area (TPSA) is 53.3 Å². The van der Waals surface area contributed by atoms with Crippen molar-refractivity contribution in [2.75, 3.05) is 61.7 Å². The van der Waals surface area contributed by atoms with Crippen molar-refractivity contribution >= 4 is 104 Å². The van der Waals surface area contributed by atoms with Gasteiger partial charge in [-0.3, -0.25) is 0 Å². The van der Waals surface area contributed by atoms with E-state index in [1.54, 1.807) is 0 Å². The quantitative estimate of drug-likeness (QED) is 0.190. The Hall–Kier alpha value is 0.230. The van der Waals surface area contributed by atoms with Crippen LogP contribution in [0.1, 0.15) is 0 Å². The van der Waals surface area contributed by atoms with Gasteiger partial charge >= 0.3 is 0 Å². The average molecular weight is 701 g/mol. The Balaban J connectivity index is -0.000000419. The Kier molecular flexibility index (Phi) is 26.0. The van der Waals surface area contributed by atoms with Crippen LogP contribution in [0.3, 0.4) is 0 Å². The van der Waals surface area contributed by atoms with Crippen LogP contribution in [-0.2, 0) is 0 Å². The normalized spacial score (nSPS) is 11.9. The number of hydrogen-bond acceptors (Lipinski definition) is 4. The number of rotatable bonds is 5. The van der Waals surface area contributed by atoms with Crippen LogP contribution in [-0.4, -0.2) is 51.0 Å². The van der Waals surface area contributed by atoms with Crippen molar-refractivity contribution in [1.29, 1.82) is 0 Å². The Bertz CT molecular complexity index is 756. The van der Waals surface area contributed by atoms with Gasteiger partial charge in [0.2, 0.25) is 0 Å². The lowest BCUT2D eigenvalue weighted by Gasteiger charge is -2.30. The summed E-state index contributed by atoms with van der Waals surface area (Å²) in [6, 6.07) is 9.00. The number of halogens is 9. The Morgan fingerprint density at radius 1 is 0.879 bits per heavy atom. The van der Waals surface area contributed by atoms with Crippen molar-refractivity contribution in [3.8, 4) is 0 Å². The molecule has 4 N–H and O–H groups in total. The van der Waals surface area contributed by atoms with E-state index in [9.17, 15) is 8.78 Å². The van der Waals surface area contributed by atoms with E-state index in [1.165, 1.54) is 30.3 Å². The molecule has 192 valence electrons. The number of anilines is 2. The van der Waals surface area contributed by atoms with E-state index in [1.807, 2.05) is 6.07 Å². The Labute approximate surface area is 240 Å². The van der Waals surface area contributed by atoms with Gasteiger partial charge < -0.3 is 21.3 Å². The van der Waals surface area contributed by atoms with E-state index in [0.29, 0.717) is 21.9 Å². The lowest BCUT2D eigenvalue weighted by molar-refractivity contribution is 0.586. The third-order valence-corrected chi connectivity index (χ3v) is 5.57. The number of nitrogens with one attached hydrogen (secondary N) is 2. The average Bonchev–Trinajstić information content (AvgIpc) is 2.73. The highest BCUT2D eigenvalue weighted by molar-refractivity contribution is 9.11. The highest BCUT2D eigenvalue weighted by Crippen LogP contribution is 2.27. The second kappa shape index (κ2) is 22.7. The van der Waals surface area contributed by atoms with Crippen molar-refractivity contribution in [3.05, 3.63) is 57.0 Å². The number of nitrogen functional groups attached to an aromatic ring is 1. The predicted molar refractivity (Wildman–Crippen MR) is 154 cm³/mol. The molecular formula is C20H29Br2Cl5F2N4. The van der Waals surface area contributed by atoms with E-state index < -0.39 is 0 Å². The summed E-state index contributed by atoms with van der Waals surface area (Å²) in [6.45, 7) is 5.64. The first-order chi connectivity index (χ1) is 14.4. The highest BCUT2D eigenvalue weighted by atomic mass is 79.9. The maximum Gasteiger partial charge on any atom is 0.124 e. The van der Waals surface area contributed by atoms with Crippen molar-refractivity contribution in [2.45, 2.75) is 0 Å². The smallest absolute Gasteiger partial charge is 0.124 e. The lowest BCUT2D eigenvalue weighted by atomic mass is 10.2. The predicted octanol–water partition coefficient (Wildman–Crippen LogP) is 6.49. The molecule has 0 aromatic heterocycles. The molecule has 13 heteroatoms. The van der Waals surface area contributed by atoms with Crippen LogP contribution in [0, 0.1) is 11.6 Å². The van der Waals surface area contributed by atoms with E-state index in [4.69, 9.17) is 28.9 Å². The molecule has 33 heavy (non-hydrogen) atoms. The first-order valence-corrected chi connectivity index (χ1v) is 12.0. The molecule has 2 aromatic carbocycles. The van der Waals surface area contributed by atoms with Gasteiger partial charge in [0.25, 0.3) is 0 Å². The molecule has 1 heterocycles. The van der Waals surface area contributed by atoms with Crippen molar-refractivity contribution in [2.24, 2.45) is 0 Å². The van der Waals surface area contributed by atoms with E-state index in [2.05, 4.69) is 47.4 Å². The summed E-state index contributed by atoms with van der Waals surface area (Å²) in [4.78, 5) is 2.25. The van der Waals surface area contributed by atoms with Gasteiger partial charge in [-0.25, -0.2) is 8.78 Å². The molecule has 0 spiro atoms. The van der Waals surface area contributed by atoms with Crippen LogP contribution in [0.5, 0.6) is 0 Å². The summed E-state index contributed by atoms with van der Waals surface area (Å²) in [6.07, 6.45) is 0. The van der Waals surface area contributed by atoms with Crippen LogP contribution in [0.15, 0.2) is 45.3 Å². The van der Waals surface area contributed by atoms with Crippen molar-refractivity contribution in [3.63, 3.8) is 0 Å². The molecular weight excluding hydrogens is 671 g/mol. The molecule has 0 unspecified atom stereocenters. The molecule has 0 atom stereocenters. The molecule has 0 radical (unpaired) electrons. The van der Waals surface area contributed by atoms with E-state index in [-0.39, 0.29) is 48.9 Å². The first kappa shape index (κ1) is 37.8. The van der Waals surface area contributed by atoms with Gasteiger partial charge in [0.1, 0.15) is 11.6 Å². The summed E-state index contributed by atoms with van der Waals surface area (Å²) in [7, 11) is 0. The summed E-state index contributed by atoms with van der Waals surface area (Å²) in [5, 5.41) is 6.31. The third kappa shape index (κ3) is 16.5. The molecule has 1 saturated heterocycles. The maximum absolute atomic E-state index is 12.9. The minimum absolute atomic E-state index is 0. The molecule has 0 bridgehead atoms. The fourth-order valence-corrected chi connectivity index (χ4v) is 3.62.